The second kappa shape index (κ2) is 8.01. The number of aliphatic imine (C=N–C) groups is 1. The molecule has 8 nitrogen and oxygen atoms in total. The quantitative estimate of drug-likeness (QED) is 0.545. The van der Waals surface area contributed by atoms with Crippen LogP contribution in [0.3, 0.4) is 0 Å². The van der Waals surface area contributed by atoms with Gasteiger partial charge in [0.25, 0.3) is 5.91 Å². The van der Waals surface area contributed by atoms with E-state index in [4.69, 9.17) is 4.99 Å². The van der Waals surface area contributed by atoms with Crippen LogP contribution in [-0.4, -0.2) is 62.4 Å². The Kier molecular flexibility index (Phi) is 4.81. The first-order valence-corrected chi connectivity index (χ1v) is 13.1. The van der Waals surface area contributed by atoms with Gasteiger partial charge in [0.15, 0.2) is 5.69 Å². The average molecular weight is 493 g/mol. The topological polar surface area (TPSA) is 94.6 Å². The minimum atomic E-state index is -0.556. The molecule has 1 atom stereocenters. The summed E-state index contributed by atoms with van der Waals surface area (Å²) in [7, 11) is 1.85. The highest BCUT2D eigenvalue weighted by molar-refractivity contribution is 6.16. The molecule has 4 aliphatic rings. The van der Waals surface area contributed by atoms with E-state index in [1.165, 1.54) is 0 Å². The van der Waals surface area contributed by atoms with Gasteiger partial charge >= 0.3 is 0 Å². The second-order valence-corrected chi connectivity index (χ2v) is 11.0. The molecule has 1 saturated heterocycles. The molecule has 0 unspecified atom stereocenters. The van der Waals surface area contributed by atoms with Gasteiger partial charge in [-0.1, -0.05) is 30.3 Å². The molecular formula is C29H28N6O2. The maximum Gasteiger partial charge on any atom is 0.256 e. The van der Waals surface area contributed by atoms with Crippen molar-refractivity contribution in [2.75, 3.05) is 19.6 Å². The van der Waals surface area contributed by atoms with Gasteiger partial charge in [-0.15, -0.1) is 0 Å². The van der Waals surface area contributed by atoms with Gasteiger partial charge in [-0.05, 0) is 61.3 Å². The van der Waals surface area contributed by atoms with Gasteiger partial charge < -0.3 is 4.90 Å². The van der Waals surface area contributed by atoms with E-state index in [9.17, 15) is 14.9 Å². The molecule has 3 aromatic rings. The number of hydrogen-bond acceptors (Lipinski definition) is 5. The van der Waals surface area contributed by atoms with Crippen molar-refractivity contribution in [1.29, 1.82) is 5.26 Å². The minimum Gasteiger partial charge on any atom is -0.342 e. The number of carbonyl (C=O) groups excluding carboxylic acids is 2. The summed E-state index contributed by atoms with van der Waals surface area (Å²) in [5, 5.41) is 14.5. The third-order valence-corrected chi connectivity index (χ3v) is 8.34. The molecule has 2 saturated carbocycles. The smallest absolute Gasteiger partial charge is 0.256 e. The summed E-state index contributed by atoms with van der Waals surface area (Å²) in [5.74, 6) is 1.71. The van der Waals surface area contributed by atoms with Gasteiger partial charge in [0.1, 0.15) is 17.4 Å². The predicted octanol–water partition coefficient (Wildman–Crippen LogP) is 3.49. The van der Waals surface area contributed by atoms with Gasteiger partial charge in [-0.2, -0.15) is 10.4 Å². The second-order valence-electron chi connectivity index (χ2n) is 11.0. The first kappa shape index (κ1) is 22.2. The Morgan fingerprint density at radius 1 is 1.08 bits per heavy atom. The van der Waals surface area contributed by atoms with Crippen molar-refractivity contribution in [2.24, 2.45) is 23.9 Å². The van der Waals surface area contributed by atoms with Crippen molar-refractivity contribution in [3.63, 3.8) is 0 Å². The van der Waals surface area contributed by atoms with E-state index >= 15 is 0 Å². The van der Waals surface area contributed by atoms with Crippen LogP contribution in [0.15, 0.2) is 47.5 Å². The first-order chi connectivity index (χ1) is 18.0. The number of hydrogen-bond donors (Lipinski definition) is 0. The molecule has 2 aromatic carbocycles. The number of rotatable bonds is 5. The highest BCUT2D eigenvalue weighted by Gasteiger charge is 2.57. The summed E-state index contributed by atoms with van der Waals surface area (Å²) in [6.45, 7) is 2.15. The molecule has 186 valence electrons. The number of aromatic nitrogens is 2. The number of fused-ring (bicyclic) bond motifs is 1. The Hall–Kier alpha value is -3.99. The van der Waals surface area contributed by atoms with Crippen molar-refractivity contribution in [2.45, 2.75) is 37.6 Å². The number of amidine groups is 1. The minimum absolute atomic E-state index is 0.119. The lowest BCUT2D eigenvalue weighted by molar-refractivity contribution is -0.131. The SMILES string of the molecule is Cn1nc(C#N)c2ccc(-c3ccc(C4=NC5(CC5)C(=O)N4C[C@@H]4CCN(C(=O)C5CC5)C4)cc3)cc21. The van der Waals surface area contributed by atoms with E-state index in [-0.39, 0.29) is 17.7 Å². The summed E-state index contributed by atoms with van der Waals surface area (Å²) in [5.41, 5.74) is 3.82. The number of amides is 2. The number of benzene rings is 2. The third kappa shape index (κ3) is 3.64. The summed E-state index contributed by atoms with van der Waals surface area (Å²) in [6, 6.07) is 16.4. The van der Waals surface area contributed by atoms with Crippen LogP contribution in [0.4, 0.5) is 0 Å². The van der Waals surface area contributed by atoms with Crippen molar-refractivity contribution in [3.8, 4) is 17.2 Å². The van der Waals surface area contributed by atoms with Crippen LogP contribution in [0.25, 0.3) is 22.0 Å². The number of carbonyl (C=O) groups is 2. The van der Waals surface area contributed by atoms with E-state index in [1.807, 2.05) is 41.1 Å². The monoisotopic (exact) mass is 492 g/mol. The van der Waals surface area contributed by atoms with Gasteiger partial charge in [0, 0.05) is 43.5 Å². The van der Waals surface area contributed by atoms with Gasteiger partial charge in [-0.3, -0.25) is 24.2 Å². The fourth-order valence-electron chi connectivity index (χ4n) is 5.85. The number of aryl methyl sites for hydroxylation is 1. The Morgan fingerprint density at radius 2 is 1.81 bits per heavy atom. The Balaban J connectivity index is 1.13. The molecule has 7 rings (SSSR count). The lowest BCUT2D eigenvalue weighted by Crippen LogP contribution is -2.40. The van der Waals surface area contributed by atoms with Crippen molar-refractivity contribution in [3.05, 3.63) is 53.7 Å². The highest BCUT2D eigenvalue weighted by atomic mass is 16.2. The van der Waals surface area contributed by atoms with Crippen LogP contribution in [0.5, 0.6) is 0 Å². The standard InChI is InChI=1S/C29H28N6O2/c1-33-25-14-22(8-9-23(25)24(15-30)32-33)19-2-4-20(5-3-19)26-31-29(11-12-29)28(37)35(26)17-18-10-13-34(16-18)27(36)21-6-7-21/h2-5,8-9,14,18,21H,6-7,10-13,16-17H2,1H3/t18-/m1/s1. The maximum atomic E-state index is 13.4. The maximum absolute atomic E-state index is 13.4. The zero-order chi connectivity index (χ0) is 25.3. The molecule has 0 N–H and O–H groups in total. The Labute approximate surface area is 215 Å². The molecule has 0 radical (unpaired) electrons. The van der Waals surface area contributed by atoms with Crippen molar-refractivity contribution in [1.82, 2.24) is 19.6 Å². The lowest BCUT2D eigenvalue weighted by atomic mass is 10.0. The summed E-state index contributed by atoms with van der Waals surface area (Å²) >= 11 is 0. The fourth-order valence-corrected chi connectivity index (χ4v) is 5.85. The van der Waals surface area contributed by atoms with Crippen LogP contribution in [0.1, 0.15) is 43.4 Å². The van der Waals surface area contributed by atoms with Crippen LogP contribution >= 0.6 is 0 Å². The molecule has 3 fully saturated rings. The van der Waals surface area contributed by atoms with Crippen LogP contribution in [0, 0.1) is 23.2 Å². The molecule has 1 aromatic heterocycles. The van der Waals surface area contributed by atoms with Gasteiger partial charge in [0.05, 0.1) is 5.52 Å². The van der Waals surface area contributed by atoms with E-state index in [1.54, 1.807) is 4.68 Å². The molecule has 8 heteroatoms. The van der Waals surface area contributed by atoms with Crippen LogP contribution in [0.2, 0.25) is 0 Å². The Bertz CT molecular complexity index is 1520. The van der Waals surface area contributed by atoms with E-state index < -0.39 is 5.54 Å². The fraction of sp³-hybridized carbons (Fsp3) is 0.414. The van der Waals surface area contributed by atoms with Gasteiger partial charge in [-0.25, -0.2) is 0 Å². The molecule has 2 aliphatic heterocycles. The summed E-state index contributed by atoms with van der Waals surface area (Å²) < 4.78 is 1.74. The molecule has 37 heavy (non-hydrogen) atoms. The zero-order valence-corrected chi connectivity index (χ0v) is 20.9. The first-order valence-electron chi connectivity index (χ1n) is 13.1. The number of nitriles is 1. The van der Waals surface area contributed by atoms with Crippen LogP contribution < -0.4 is 0 Å². The lowest BCUT2D eigenvalue weighted by Gasteiger charge is -2.23. The van der Waals surface area contributed by atoms with Crippen molar-refractivity contribution >= 4 is 28.6 Å². The van der Waals surface area contributed by atoms with Crippen molar-refractivity contribution < 1.29 is 9.59 Å². The number of likely N-dealkylation sites (tertiary alicyclic amines) is 1. The molecule has 0 bridgehead atoms. The zero-order valence-electron chi connectivity index (χ0n) is 20.9. The molecular weight excluding hydrogens is 464 g/mol. The summed E-state index contributed by atoms with van der Waals surface area (Å²) in [6.07, 6.45) is 4.62. The molecule has 2 aliphatic carbocycles. The Morgan fingerprint density at radius 3 is 2.51 bits per heavy atom. The van der Waals surface area contributed by atoms with E-state index in [0.29, 0.717) is 18.1 Å². The molecule has 1 spiro atoms. The van der Waals surface area contributed by atoms with E-state index in [2.05, 4.69) is 29.4 Å². The van der Waals surface area contributed by atoms with E-state index in [0.717, 1.165) is 78.6 Å². The molecule has 3 heterocycles. The van der Waals surface area contributed by atoms with Crippen LogP contribution in [-0.2, 0) is 16.6 Å². The normalized spacial score (nSPS) is 22.1. The molecule has 2 amide bonds. The van der Waals surface area contributed by atoms with Gasteiger partial charge in [0.2, 0.25) is 5.91 Å². The highest BCUT2D eigenvalue weighted by Crippen LogP contribution is 2.46. The largest absolute Gasteiger partial charge is 0.342 e. The third-order valence-electron chi connectivity index (χ3n) is 8.34. The summed E-state index contributed by atoms with van der Waals surface area (Å²) in [4.78, 5) is 34.7. The predicted molar refractivity (Wildman–Crippen MR) is 138 cm³/mol. The average Bonchev–Trinajstić information content (AvgIpc) is 3.83. The number of nitrogens with zero attached hydrogens (tertiary/aromatic N) is 6.